The fraction of sp³-hybridized carbons (Fsp3) is 0. The topological polar surface area (TPSA) is 38.7 Å². The first-order valence-corrected chi connectivity index (χ1v) is 17.7. The van der Waals surface area contributed by atoms with E-state index < -0.39 is 148 Å². The molecule has 0 fully saturated rings. The van der Waals surface area contributed by atoms with Gasteiger partial charge in [0.2, 0.25) is 0 Å². The van der Waals surface area contributed by atoms with Gasteiger partial charge in [0, 0.05) is 36.9 Å². The summed E-state index contributed by atoms with van der Waals surface area (Å²) in [4.78, 5) is 14.3. The molecule has 0 amide bonds. The van der Waals surface area contributed by atoms with Gasteiger partial charge in [-0.25, -0.2) is 15.0 Å². The lowest BCUT2D eigenvalue weighted by Crippen LogP contribution is -2.00. The van der Waals surface area contributed by atoms with E-state index in [1.165, 1.54) is 0 Å². The molecule has 3 nitrogen and oxygen atoms in total. The van der Waals surface area contributed by atoms with Crippen LogP contribution >= 0.6 is 11.3 Å². The van der Waals surface area contributed by atoms with Crippen molar-refractivity contribution in [2.45, 2.75) is 0 Å². The fourth-order valence-electron chi connectivity index (χ4n) is 6.14. The second-order valence-corrected chi connectivity index (χ2v) is 13.2. The zero-order chi connectivity index (χ0) is 53.1. The van der Waals surface area contributed by atoms with Crippen molar-refractivity contribution in [2.75, 3.05) is 0 Å². The Morgan fingerprint density at radius 1 is 0.364 bits per heavy atom. The zero-order valence-corrected chi connectivity index (χ0v) is 29.1. The molecule has 10 rings (SSSR count). The number of nitrogens with zero attached hydrogens (tertiary/aromatic N) is 3. The van der Waals surface area contributed by atoms with E-state index in [2.05, 4.69) is 0 Å². The van der Waals surface area contributed by atoms with Gasteiger partial charge in [0.25, 0.3) is 0 Å². The van der Waals surface area contributed by atoms with Crippen molar-refractivity contribution >= 4 is 31.5 Å². The van der Waals surface area contributed by atoms with E-state index in [9.17, 15) is 9.60 Å². The van der Waals surface area contributed by atoms with Crippen molar-refractivity contribution < 1.29 is 26.0 Å². The van der Waals surface area contributed by atoms with E-state index in [-0.39, 0.29) is 43.2 Å². The second kappa shape index (κ2) is 14.1. The smallest absolute Gasteiger partial charge is 0.164 e. The zero-order valence-electron chi connectivity index (χ0n) is 47.3. The average molecular weight is 739 g/mol. The molecular weight excluding hydrogens is 687 g/mol. The molecule has 55 heavy (non-hydrogen) atoms. The highest BCUT2D eigenvalue weighted by Gasteiger charge is 2.17. The van der Waals surface area contributed by atoms with Crippen LogP contribution in [0.25, 0.3) is 98.8 Å². The summed E-state index contributed by atoms with van der Waals surface area (Å²) in [6.07, 6.45) is 0. The average Bonchev–Trinajstić information content (AvgIpc) is 3.84. The molecule has 0 atom stereocenters. The van der Waals surface area contributed by atoms with Gasteiger partial charge >= 0.3 is 0 Å². The van der Waals surface area contributed by atoms with Gasteiger partial charge in [-0.15, -0.1) is 11.3 Å². The second-order valence-electron chi connectivity index (χ2n) is 12.1. The monoisotopic (exact) mass is 738 g/mol. The third-order valence-electron chi connectivity index (χ3n) is 8.69. The van der Waals surface area contributed by atoms with Crippen LogP contribution in [0.1, 0.15) is 26.0 Å². The van der Waals surface area contributed by atoms with Crippen molar-refractivity contribution in [1.29, 1.82) is 0 Å². The Morgan fingerprint density at radius 3 is 1.60 bits per heavy atom. The van der Waals surface area contributed by atoms with Gasteiger partial charge in [-0.3, -0.25) is 0 Å². The number of fused-ring (bicyclic) bond motifs is 3. The lowest BCUT2D eigenvalue weighted by atomic mass is 9.91. The van der Waals surface area contributed by atoms with Crippen LogP contribution in [0.5, 0.6) is 0 Å². The van der Waals surface area contributed by atoms with E-state index in [1.54, 1.807) is 30.3 Å². The van der Waals surface area contributed by atoms with E-state index in [0.717, 1.165) is 22.5 Å². The highest BCUT2D eigenvalue weighted by atomic mass is 32.1. The molecule has 8 aromatic carbocycles. The Hall–Kier alpha value is -7.01. The van der Waals surface area contributed by atoms with Gasteiger partial charge in [-0.1, -0.05) is 163 Å². The molecule has 0 aliphatic heterocycles. The Kier molecular flexibility index (Phi) is 4.70. The molecule has 10 aromatic rings. The molecule has 2 heterocycles. The van der Waals surface area contributed by atoms with Crippen LogP contribution in [0.3, 0.4) is 0 Å². The Labute approximate surface area is 350 Å². The summed E-state index contributed by atoms with van der Waals surface area (Å²) < 4.78 is 171. The summed E-state index contributed by atoms with van der Waals surface area (Å²) in [5, 5.41) is -0.483. The lowest BCUT2D eigenvalue weighted by Gasteiger charge is -2.12. The van der Waals surface area contributed by atoms with E-state index in [1.807, 2.05) is 54.6 Å². The highest BCUT2D eigenvalue weighted by Crippen LogP contribution is 2.43. The molecule has 0 aliphatic rings. The van der Waals surface area contributed by atoms with Crippen molar-refractivity contribution in [1.82, 2.24) is 15.0 Å². The molecule has 0 radical (unpaired) electrons. The van der Waals surface area contributed by atoms with Crippen LogP contribution < -0.4 is 0 Å². The summed E-state index contributed by atoms with van der Waals surface area (Å²) in [7, 11) is 0. The first-order chi connectivity index (χ1) is 35.2. The largest absolute Gasteiger partial charge is 0.208 e. The maximum atomic E-state index is 9.78. The molecule has 258 valence electrons. The molecule has 0 spiro atoms. The van der Waals surface area contributed by atoms with Crippen LogP contribution in [0.4, 0.5) is 0 Å². The van der Waals surface area contributed by atoms with Gasteiger partial charge in [0.1, 0.15) is 0 Å². The van der Waals surface area contributed by atoms with Crippen LogP contribution in [-0.4, -0.2) is 15.0 Å². The molecule has 0 saturated carbocycles. The van der Waals surface area contributed by atoms with Crippen molar-refractivity contribution in [3.05, 3.63) is 200 Å². The van der Waals surface area contributed by atoms with Crippen molar-refractivity contribution in [3.63, 3.8) is 0 Å². The van der Waals surface area contributed by atoms with Gasteiger partial charge in [0.15, 0.2) is 17.5 Å². The van der Waals surface area contributed by atoms with Crippen LogP contribution in [-0.2, 0) is 0 Å². The quantitative estimate of drug-likeness (QED) is 0.163. The van der Waals surface area contributed by atoms with Gasteiger partial charge in [0.05, 0.1) is 26.0 Å². The summed E-state index contributed by atoms with van der Waals surface area (Å²) >= 11 is 0.743. The van der Waals surface area contributed by atoms with E-state index in [4.69, 9.17) is 31.4 Å². The summed E-state index contributed by atoms with van der Waals surface area (Å²) in [5.41, 5.74) is -1.50. The molecule has 0 saturated heterocycles. The predicted molar refractivity (Wildman–Crippen MR) is 231 cm³/mol. The summed E-state index contributed by atoms with van der Waals surface area (Å²) in [6, 6.07) is 10.7. The van der Waals surface area contributed by atoms with Gasteiger partial charge in [-0.05, 0) is 80.8 Å². The SMILES string of the molecule is [2H]c1c([2H])c([2H])c(-c2c([2H])c(-c3c([2H])c([2H])c([2H])c([2H])c3[2H])c([2H])c(-c3c([2H])c([2H])c([2H])c4sc5c([2H])c(-c6nc(-c7ccccc7)nc(-c7cccc(-c8ccccc8)c7)n6)c([2H])c([2H])c5c34)c2[2H])c([2H])c1[2H]. The lowest BCUT2D eigenvalue weighted by molar-refractivity contribution is 1.07. The first kappa shape index (κ1) is 18.4. The molecule has 2 aromatic heterocycles. The Bertz CT molecular complexity index is 3920. The molecule has 4 heteroatoms. The summed E-state index contributed by atoms with van der Waals surface area (Å²) in [5.74, 6) is 0.199. The van der Waals surface area contributed by atoms with E-state index in [0.29, 0.717) is 11.1 Å². The number of rotatable bonds is 7. The third kappa shape index (κ3) is 6.39. The first-order valence-electron chi connectivity index (χ1n) is 26.4. The van der Waals surface area contributed by atoms with Crippen LogP contribution in [0.15, 0.2) is 200 Å². The molecule has 0 aliphatic carbocycles. The van der Waals surface area contributed by atoms with Crippen LogP contribution in [0.2, 0.25) is 0 Å². The van der Waals surface area contributed by atoms with Gasteiger partial charge in [-0.2, -0.15) is 0 Å². The minimum Gasteiger partial charge on any atom is -0.208 e. The number of aromatic nitrogens is 3. The maximum Gasteiger partial charge on any atom is 0.164 e. The number of hydrogen-bond acceptors (Lipinski definition) is 4. The van der Waals surface area contributed by atoms with Crippen LogP contribution in [0, 0.1) is 0 Å². The minimum atomic E-state index is -0.937. The molecule has 0 bridgehead atoms. The highest BCUT2D eigenvalue weighted by molar-refractivity contribution is 7.26. The number of thiophene rings is 1. The minimum absolute atomic E-state index is 0.0584. The van der Waals surface area contributed by atoms with E-state index >= 15 is 0 Å². The number of hydrogen-bond donors (Lipinski definition) is 0. The third-order valence-corrected chi connectivity index (χ3v) is 9.71. The predicted octanol–water partition coefficient (Wildman–Crippen LogP) is 13.9. The molecule has 0 N–H and O–H groups in total. The Morgan fingerprint density at radius 2 is 0.927 bits per heavy atom. The normalized spacial score (nSPS) is 16.1. The van der Waals surface area contributed by atoms with Crippen molar-refractivity contribution in [3.8, 4) is 78.7 Å². The summed E-state index contributed by atoms with van der Waals surface area (Å²) in [6.45, 7) is 0. The Balaban J connectivity index is 1.32. The maximum absolute atomic E-state index is 9.78. The standard InChI is InChI=1S/C51H33N3S/c1-5-15-34(16-6-1)38-23-13-24-39(29-38)50-52-49(37-21-11-4-12-22-37)53-51(54-50)40-27-28-45-47(33-40)55-46-26-14-25-44(48(45)46)43-31-41(35-17-7-2-8-18-35)30-42(32-43)36-19-9-3-10-20-36/h1-33H/i2D,3D,7D,8D,9D,10D,14D,17D,18D,19D,20D,25D,26D,27D,28D,30D,31D,32D,33D. The molecular formula is C51H33N3S. The fourth-order valence-corrected chi connectivity index (χ4v) is 7.16. The molecule has 0 unspecified atom stereocenters. The van der Waals surface area contributed by atoms with Gasteiger partial charge < -0.3 is 0 Å². The number of benzene rings is 8. The van der Waals surface area contributed by atoms with Crippen molar-refractivity contribution in [2.24, 2.45) is 0 Å².